The van der Waals surface area contributed by atoms with Crippen LogP contribution in [0.25, 0.3) is 26.7 Å². The van der Waals surface area contributed by atoms with Crippen LogP contribution in [-0.2, 0) is 4.84 Å². The van der Waals surface area contributed by atoms with Gasteiger partial charge in [-0.05, 0) is 6.92 Å². The minimum Gasteiger partial charge on any atom is -0.274 e. The lowest BCUT2D eigenvalue weighted by Gasteiger charge is -2.12. The highest BCUT2D eigenvalue weighted by Gasteiger charge is 2.25. The number of hydrogen-bond acceptors (Lipinski definition) is 6. The maximum Gasteiger partial charge on any atom is 0.289 e. The number of hydrogen-bond donors (Lipinski definition) is 0. The van der Waals surface area contributed by atoms with Crippen LogP contribution in [0.4, 0.5) is 0 Å². The number of thiazole rings is 2. The number of carbonyl (C=O) groups is 1. The van der Waals surface area contributed by atoms with E-state index in [4.69, 9.17) is 9.82 Å². The molecule has 26 heavy (non-hydrogen) atoms. The highest BCUT2D eigenvalue weighted by molar-refractivity contribution is 7.19. The number of rotatable bonds is 4. The zero-order chi connectivity index (χ0) is 18.3. The van der Waals surface area contributed by atoms with Crippen LogP contribution >= 0.6 is 22.7 Å². The lowest BCUT2D eigenvalue weighted by Crippen LogP contribution is -2.25. The van der Waals surface area contributed by atoms with Gasteiger partial charge < -0.3 is 0 Å². The van der Waals surface area contributed by atoms with Gasteiger partial charge in [0.2, 0.25) is 0 Å². The number of fused-ring (bicyclic) bond motifs is 1. The van der Waals surface area contributed by atoms with Crippen molar-refractivity contribution in [1.29, 1.82) is 0 Å². The zero-order valence-corrected chi connectivity index (χ0v) is 16.1. The Balaban J connectivity index is 1.93. The SMILES string of the molecule is CON(C)C(=O)c1sc(-c2c(C)nn3ccsc23)nc1-c1ccccc1. The number of hydroxylamine groups is 2. The molecule has 3 heterocycles. The highest BCUT2D eigenvalue weighted by Crippen LogP contribution is 2.38. The molecule has 0 fully saturated rings. The Kier molecular flexibility index (Phi) is 4.31. The molecule has 6 nitrogen and oxygen atoms in total. The van der Waals surface area contributed by atoms with Gasteiger partial charge in [0.15, 0.2) is 0 Å². The summed E-state index contributed by atoms with van der Waals surface area (Å²) in [6.07, 6.45) is 1.92. The lowest BCUT2D eigenvalue weighted by atomic mass is 10.1. The first kappa shape index (κ1) is 16.9. The first-order valence-electron chi connectivity index (χ1n) is 7.91. The smallest absolute Gasteiger partial charge is 0.274 e. The summed E-state index contributed by atoms with van der Waals surface area (Å²) >= 11 is 2.97. The molecule has 0 saturated carbocycles. The van der Waals surface area contributed by atoms with Crippen LogP contribution < -0.4 is 0 Å². The number of aromatic nitrogens is 3. The Morgan fingerprint density at radius 2 is 2.04 bits per heavy atom. The zero-order valence-electron chi connectivity index (χ0n) is 14.5. The van der Waals surface area contributed by atoms with Crippen molar-refractivity contribution in [3.05, 3.63) is 52.5 Å². The van der Waals surface area contributed by atoms with Gasteiger partial charge in [-0.3, -0.25) is 9.63 Å². The Labute approximate surface area is 158 Å². The minimum absolute atomic E-state index is 0.220. The summed E-state index contributed by atoms with van der Waals surface area (Å²) in [7, 11) is 3.07. The summed E-state index contributed by atoms with van der Waals surface area (Å²) in [5, 5.41) is 8.52. The molecule has 0 spiro atoms. The van der Waals surface area contributed by atoms with Crippen molar-refractivity contribution >= 4 is 33.4 Å². The molecular formula is C18H16N4O2S2. The fraction of sp³-hybridized carbons (Fsp3) is 0.167. The van der Waals surface area contributed by atoms with E-state index < -0.39 is 0 Å². The average molecular weight is 384 g/mol. The molecule has 1 amide bonds. The molecule has 0 bridgehead atoms. The van der Waals surface area contributed by atoms with Gasteiger partial charge in [0, 0.05) is 24.2 Å². The van der Waals surface area contributed by atoms with E-state index in [0.717, 1.165) is 26.7 Å². The van der Waals surface area contributed by atoms with E-state index in [1.165, 1.54) is 23.5 Å². The molecule has 0 aliphatic carbocycles. The number of aryl methyl sites for hydroxylation is 1. The van der Waals surface area contributed by atoms with Crippen molar-refractivity contribution in [3.63, 3.8) is 0 Å². The maximum absolute atomic E-state index is 12.8. The molecule has 132 valence electrons. The molecule has 0 saturated heterocycles. The van der Waals surface area contributed by atoms with Gasteiger partial charge in [-0.2, -0.15) is 5.10 Å². The summed E-state index contributed by atoms with van der Waals surface area (Å²) in [5.41, 5.74) is 3.43. The van der Waals surface area contributed by atoms with Crippen LogP contribution in [0.5, 0.6) is 0 Å². The van der Waals surface area contributed by atoms with Gasteiger partial charge in [0.05, 0.1) is 24.1 Å². The predicted molar refractivity (Wildman–Crippen MR) is 103 cm³/mol. The first-order valence-corrected chi connectivity index (χ1v) is 9.61. The molecule has 4 aromatic rings. The monoisotopic (exact) mass is 384 g/mol. The van der Waals surface area contributed by atoms with E-state index in [2.05, 4.69) is 5.10 Å². The largest absolute Gasteiger partial charge is 0.289 e. The molecule has 0 N–H and O–H groups in total. The second-order valence-corrected chi connectivity index (χ2v) is 7.55. The van der Waals surface area contributed by atoms with Gasteiger partial charge in [-0.25, -0.2) is 14.6 Å². The molecule has 1 aromatic carbocycles. The first-order chi connectivity index (χ1) is 12.6. The number of nitrogens with zero attached hydrogens (tertiary/aromatic N) is 4. The predicted octanol–water partition coefficient (Wildman–Crippen LogP) is 4.13. The van der Waals surface area contributed by atoms with Gasteiger partial charge >= 0.3 is 0 Å². The lowest BCUT2D eigenvalue weighted by molar-refractivity contribution is -0.0753. The van der Waals surface area contributed by atoms with Gasteiger partial charge in [0.1, 0.15) is 14.7 Å². The van der Waals surface area contributed by atoms with Gasteiger partial charge in [-0.1, -0.05) is 30.3 Å². The van der Waals surface area contributed by atoms with Crippen molar-refractivity contribution in [2.24, 2.45) is 0 Å². The summed E-state index contributed by atoms with van der Waals surface area (Å²) in [4.78, 5) is 24.3. The average Bonchev–Trinajstić information content (AvgIpc) is 3.35. The van der Waals surface area contributed by atoms with Crippen LogP contribution in [0.1, 0.15) is 15.4 Å². The molecule has 0 radical (unpaired) electrons. The van der Waals surface area contributed by atoms with Crippen LogP contribution in [-0.4, -0.2) is 39.7 Å². The number of carbonyl (C=O) groups excluding carboxylic acids is 1. The van der Waals surface area contributed by atoms with Crippen molar-refractivity contribution < 1.29 is 9.63 Å². The number of benzene rings is 1. The molecule has 8 heteroatoms. The van der Waals surface area contributed by atoms with Crippen molar-refractivity contribution in [3.8, 4) is 21.8 Å². The summed E-state index contributed by atoms with van der Waals surface area (Å²) in [6, 6.07) is 9.72. The topological polar surface area (TPSA) is 59.7 Å². The third-order valence-electron chi connectivity index (χ3n) is 4.07. The van der Waals surface area contributed by atoms with Crippen LogP contribution in [0.3, 0.4) is 0 Å². The third-order valence-corrected chi connectivity index (χ3v) is 6.00. The van der Waals surface area contributed by atoms with Crippen molar-refractivity contribution in [1.82, 2.24) is 19.7 Å². The van der Waals surface area contributed by atoms with Gasteiger partial charge in [-0.15, -0.1) is 22.7 Å². The standard InChI is InChI=1S/C18H16N4O2S2/c1-11-13(18-22(20-11)9-10-25-18)16-19-14(12-7-5-4-6-8-12)15(26-16)17(23)21(2)24-3/h4-10H,1-3H3. The van der Waals surface area contributed by atoms with E-state index in [-0.39, 0.29) is 5.91 Å². The quantitative estimate of drug-likeness (QED) is 0.497. The molecule has 0 aliphatic heterocycles. The fourth-order valence-electron chi connectivity index (χ4n) is 2.73. The second kappa shape index (κ2) is 6.64. The Hall–Kier alpha value is -2.55. The van der Waals surface area contributed by atoms with E-state index in [1.54, 1.807) is 18.4 Å². The normalized spacial score (nSPS) is 11.2. The number of amides is 1. The second-order valence-electron chi connectivity index (χ2n) is 5.66. The van der Waals surface area contributed by atoms with Gasteiger partial charge in [0.25, 0.3) is 5.91 Å². The summed E-state index contributed by atoms with van der Waals surface area (Å²) < 4.78 is 1.85. The third kappa shape index (κ3) is 2.72. The molecule has 4 rings (SSSR count). The van der Waals surface area contributed by atoms with Crippen LogP contribution in [0.2, 0.25) is 0 Å². The van der Waals surface area contributed by atoms with E-state index in [1.807, 2.05) is 53.3 Å². The Morgan fingerprint density at radius 3 is 2.77 bits per heavy atom. The maximum atomic E-state index is 12.8. The molecule has 3 aromatic heterocycles. The van der Waals surface area contributed by atoms with Crippen LogP contribution in [0, 0.1) is 6.92 Å². The van der Waals surface area contributed by atoms with Crippen molar-refractivity contribution in [2.75, 3.05) is 14.2 Å². The molecule has 0 unspecified atom stereocenters. The summed E-state index contributed by atoms with van der Waals surface area (Å²) in [5.74, 6) is -0.220. The van der Waals surface area contributed by atoms with E-state index >= 15 is 0 Å². The molecular weight excluding hydrogens is 368 g/mol. The Bertz CT molecular complexity index is 1080. The Morgan fingerprint density at radius 1 is 1.27 bits per heavy atom. The molecule has 0 atom stereocenters. The van der Waals surface area contributed by atoms with Crippen LogP contribution in [0.15, 0.2) is 41.9 Å². The van der Waals surface area contributed by atoms with E-state index in [0.29, 0.717) is 10.6 Å². The molecule has 0 aliphatic rings. The van der Waals surface area contributed by atoms with Crippen molar-refractivity contribution in [2.45, 2.75) is 6.92 Å². The van der Waals surface area contributed by atoms with E-state index in [9.17, 15) is 4.79 Å². The summed E-state index contributed by atoms with van der Waals surface area (Å²) in [6.45, 7) is 1.96. The fourth-order valence-corrected chi connectivity index (χ4v) is 4.82. The highest BCUT2D eigenvalue weighted by atomic mass is 32.1. The minimum atomic E-state index is -0.220.